The van der Waals surface area contributed by atoms with Gasteiger partial charge in [0.1, 0.15) is 0 Å². The number of aromatic nitrogens is 2. The lowest BCUT2D eigenvalue weighted by molar-refractivity contribution is -0.119. The summed E-state index contributed by atoms with van der Waals surface area (Å²) < 4.78 is 6.87. The van der Waals surface area contributed by atoms with Crippen LogP contribution in [0.3, 0.4) is 0 Å². The molecule has 0 saturated heterocycles. The van der Waals surface area contributed by atoms with Gasteiger partial charge in [-0.25, -0.2) is 9.48 Å². The van der Waals surface area contributed by atoms with Gasteiger partial charge in [0.25, 0.3) is 0 Å². The molecule has 3 rings (SSSR count). The molecule has 0 saturated carbocycles. The van der Waals surface area contributed by atoms with E-state index < -0.39 is 5.97 Å². The molecule has 0 aliphatic heterocycles. The molecule has 6 heteroatoms. The maximum atomic E-state index is 12.3. The number of nitrogens with one attached hydrogen (secondary N) is 1. The fourth-order valence-corrected chi connectivity index (χ4v) is 3.06. The minimum Gasteiger partial charge on any atom is -0.461 e. The van der Waals surface area contributed by atoms with Crippen LogP contribution in [0.2, 0.25) is 0 Å². The summed E-state index contributed by atoms with van der Waals surface area (Å²) in [5.41, 5.74) is 4.44. The summed E-state index contributed by atoms with van der Waals surface area (Å²) in [6.45, 7) is 7.93. The molecule has 0 aliphatic rings. The van der Waals surface area contributed by atoms with Crippen molar-refractivity contribution < 1.29 is 14.3 Å². The number of ether oxygens (including phenoxy) is 1. The number of anilines is 1. The number of nitrogens with zero attached hydrogens (tertiary/aromatic N) is 2. The minimum absolute atomic E-state index is 0.0194. The van der Waals surface area contributed by atoms with E-state index in [1.54, 1.807) is 17.7 Å². The van der Waals surface area contributed by atoms with Gasteiger partial charge in [-0.3, -0.25) is 4.79 Å². The molecule has 0 spiro atoms. The lowest BCUT2D eigenvalue weighted by Crippen LogP contribution is -2.19. The summed E-state index contributed by atoms with van der Waals surface area (Å²) in [6, 6.07) is 17.1. The average molecular weight is 405 g/mol. The number of hydrogen-bond donors (Lipinski definition) is 1. The number of aryl methyl sites for hydroxylation is 1. The van der Waals surface area contributed by atoms with E-state index in [2.05, 4.69) is 10.4 Å². The third-order valence-corrected chi connectivity index (χ3v) is 4.93. The Bertz CT molecular complexity index is 1060. The first-order chi connectivity index (χ1) is 14.4. The summed E-state index contributed by atoms with van der Waals surface area (Å²) in [6.07, 6.45) is 0.772. The predicted molar refractivity (Wildman–Crippen MR) is 118 cm³/mol. The van der Waals surface area contributed by atoms with Crippen LogP contribution in [0.25, 0.3) is 16.9 Å². The Balaban J connectivity index is 2.05. The number of carbonyl (C=O) groups is 2. The standard InChI is InChI=1S/C24H27N3O3/c1-5-17(4)23(28)25-19-11-8-10-18(14-19)22-15-21(24(29)30-6-2)26-27(22)20-12-7-9-16(3)13-20/h7-15,17H,5-6H2,1-4H3,(H,25,28)/t17-/m1/s1. The molecule has 2 aromatic carbocycles. The van der Waals surface area contributed by atoms with E-state index in [4.69, 9.17) is 4.74 Å². The van der Waals surface area contributed by atoms with E-state index in [1.165, 1.54) is 0 Å². The average Bonchev–Trinajstić information content (AvgIpc) is 3.19. The van der Waals surface area contributed by atoms with E-state index in [0.717, 1.165) is 28.9 Å². The Kier molecular flexibility index (Phi) is 6.67. The first-order valence-corrected chi connectivity index (χ1v) is 10.2. The van der Waals surface area contributed by atoms with Crippen molar-refractivity contribution in [3.05, 3.63) is 65.9 Å². The van der Waals surface area contributed by atoms with Crippen LogP contribution >= 0.6 is 0 Å². The van der Waals surface area contributed by atoms with E-state index in [1.807, 2.05) is 69.3 Å². The fraction of sp³-hybridized carbons (Fsp3) is 0.292. The van der Waals surface area contributed by atoms with Crippen molar-refractivity contribution in [1.82, 2.24) is 9.78 Å². The Labute approximate surface area is 176 Å². The van der Waals surface area contributed by atoms with Crippen LogP contribution in [-0.4, -0.2) is 28.3 Å². The van der Waals surface area contributed by atoms with E-state index in [9.17, 15) is 9.59 Å². The number of hydrogen-bond acceptors (Lipinski definition) is 4. The molecule has 1 heterocycles. The highest BCUT2D eigenvalue weighted by molar-refractivity contribution is 5.93. The van der Waals surface area contributed by atoms with Gasteiger partial charge in [-0.2, -0.15) is 5.10 Å². The van der Waals surface area contributed by atoms with E-state index in [-0.39, 0.29) is 24.1 Å². The SMILES string of the molecule is CCOC(=O)c1cc(-c2cccc(NC(=O)[C@H](C)CC)c2)n(-c2cccc(C)c2)n1. The molecule has 1 amide bonds. The van der Waals surface area contributed by atoms with Crippen molar-refractivity contribution in [1.29, 1.82) is 0 Å². The maximum absolute atomic E-state index is 12.3. The van der Waals surface area contributed by atoms with Crippen LogP contribution in [0.15, 0.2) is 54.6 Å². The van der Waals surface area contributed by atoms with Crippen LogP contribution in [0.4, 0.5) is 5.69 Å². The molecule has 0 fully saturated rings. The van der Waals surface area contributed by atoms with Gasteiger partial charge in [-0.05, 0) is 56.2 Å². The van der Waals surface area contributed by atoms with Crippen LogP contribution in [0.1, 0.15) is 43.2 Å². The van der Waals surface area contributed by atoms with Crippen LogP contribution in [0, 0.1) is 12.8 Å². The van der Waals surface area contributed by atoms with Gasteiger partial charge in [0.2, 0.25) is 5.91 Å². The summed E-state index contributed by atoms with van der Waals surface area (Å²) in [5, 5.41) is 7.46. The Hall–Kier alpha value is -3.41. The van der Waals surface area contributed by atoms with Crippen molar-refractivity contribution in [2.24, 2.45) is 5.92 Å². The zero-order valence-corrected chi connectivity index (χ0v) is 17.8. The summed E-state index contributed by atoms with van der Waals surface area (Å²) in [7, 11) is 0. The van der Waals surface area contributed by atoms with Gasteiger partial charge in [0, 0.05) is 17.2 Å². The van der Waals surface area contributed by atoms with Crippen molar-refractivity contribution in [2.75, 3.05) is 11.9 Å². The fourth-order valence-electron chi connectivity index (χ4n) is 3.06. The van der Waals surface area contributed by atoms with Gasteiger partial charge >= 0.3 is 5.97 Å². The molecule has 0 aliphatic carbocycles. The van der Waals surface area contributed by atoms with Gasteiger partial charge < -0.3 is 10.1 Å². The first kappa shape index (κ1) is 21.3. The highest BCUT2D eigenvalue weighted by Crippen LogP contribution is 2.27. The quantitative estimate of drug-likeness (QED) is 0.561. The smallest absolute Gasteiger partial charge is 0.358 e. The number of benzene rings is 2. The second-order valence-electron chi connectivity index (χ2n) is 7.27. The van der Waals surface area contributed by atoms with E-state index in [0.29, 0.717) is 5.69 Å². The molecule has 1 atom stereocenters. The molecular formula is C24H27N3O3. The number of rotatable bonds is 7. The molecular weight excluding hydrogens is 378 g/mol. The molecule has 1 aromatic heterocycles. The molecule has 156 valence electrons. The predicted octanol–water partition coefficient (Wildman–Crippen LogP) is 5.01. The van der Waals surface area contributed by atoms with Gasteiger partial charge in [0.05, 0.1) is 18.0 Å². The van der Waals surface area contributed by atoms with Crippen molar-refractivity contribution >= 4 is 17.6 Å². The monoisotopic (exact) mass is 405 g/mol. The van der Waals surface area contributed by atoms with Gasteiger partial charge in [-0.1, -0.05) is 38.1 Å². The molecule has 3 aromatic rings. The van der Waals surface area contributed by atoms with Crippen molar-refractivity contribution in [3.8, 4) is 16.9 Å². The van der Waals surface area contributed by atoms with E-state index >= 15 is 0 Å². The number of amides is 1. The van der Waals surface area contributed by atoms with Crippen molar-refractivity contribution in [2.45, 2.75) is 34.1 Å². The molecule has 6 nitrogen and oxygen atoms in total. The Morgan fingerprint density at radius 2 is 1.87 bits per heavy atom. The third kappa shape index (κ3) is 4.76. The molecule has 0 unspecified atom stereocenters. The largest absolute Gasteiger partial charge is 0.461 e. The lowest BCUT2D eigenvalue weighted by Gasteiger charge is -2.12. The van der Waals surface area contributed by atoms with Gasteiger partial charge in [-0.15, -0.1) is 0 Å². The summed E-state index contributed by atoms with van der Waals surface area (Å²) in [4.78, 5) is 24.6. The zero-order valence-electron chi connectivity index (χ0n) is 17.8. The van der Waals surface area contributed by atoms with Crippen molar-refractivity contribution in [3.63, 3.8) is 0 Å². The molecule has 0 bridgehead atoms. The topological polar surface area (TPSA) is 73.2 Å². The highest BCUT2D eigenvalue weighted by Gasteiger charge is 2.18. The summed E-state index contributed by atoms with van der Waals surface area (Å²) in [5.74, 6) is -0.553. The van der Waals surface area contributed by atoms with Gasteiger partial charge in [0.15, 0.2) is 5.69 Å². The molecule has 1 N–H and O–H groups in total. The third-order valence-electron chi connectivity index (χ3n) is 4.93. The second-order valence-corrected chi connectivity index (χ2v) is 7.27. The first-order valence-electron chi connectivity index (χ1n) is 10.2. The second kappa shape index (κ2) is 9.39. The molecule has 30 heavy (non-hydrogen) atoms. The minimum atomic E-state index is -0.466. The lowest BCUT2D eigenvalue weighted by atomic mass is 10.1. The number of carbonyl (C=O) groups excluding carboxylic acids is 2. The zero-order chi connectivity index (χ0) is 21.7. The van der Waals surface area contributed by atoms with Crippen LogP contribution in [-0.2, 0) is 9.53 Å². The van der Waals surface area contributed by atoms with Crippen LogP contribution in [0.5, 0.6) is 0 Å². The normalized spacial score (nSPS) is 11.7. The van der Waals surface area contributed by atoms with Crippen LogP contribution < -0.4 is 5.32 Å². The maximum Gasteiger partial charge on any atom is 0.358 e. The molecule has 0 radical (unpaired) electrons. The Morgan fingerprint density at radius 1 is 1.10 bits per heavy atom. The Morgan fingerprint density at radius 3 is 2.57 bits per heavy atom. The summed E-state index contributed by atoms with van der Waals surface area (Å²) >= 11 is 0. The highest BCUT2D eigenvalue weighted by atomic mass is 16.5. The number of esters is 1.